The van der Waals surface area contributed by atoms with E-state index in [0.29, 0.717) is 41.6 Å². The van der Waals surface area contributed by atoms with Gasteiger partial charge in [0, 0.05) is 23.7 Å². The lowest BCUT2D eigenvalue weighted by atomic mass is 9.99. The first-order valence-corrected chi connectivity index (χ1v) is 8.47. The van der Waals surface area contributed by atoms with Crippen LogP contribution in [0.25, 0.3) is 0 Å². The Morgan fingerprint density at radius 3 is 2.54 bits per heavy atom. The molecule has 2 aromatic carbocycles. The van der Waals surface area contributed by atoms with Crippen LogP contribution < -0.4 is 9.47 Å². The Morgan fingerprint density at radius 1 is 1.15 bits per heavy atom. The van der Waals surface area contributed by atoms with Crippen LogP contribution in [0.15, 0.2) is 41.6 Å². The summed E-state index contributed by atoms with van der Waals surface area (Å²) in [6, 6.07) is 11.0. The van der Waals surface area contributed by atoms with Crippen LogP contribution in [-0.4, -0.2) is 38.0 Å². The monoisotopic (exact) mass is 374 g/mol. The van der Waals surface area contributed by atoms with Crippen molar-refractivity contribution >= 4 is 23.9 Å². The van der Waals surface area contributed by atoms with Gasteiger partial charge in [-0.2, -0.15) is 0 Å². The molecule has 1 aliphatic rings. The molecule has 0 unspecified atom stereocenters. The van der Waals surface area contributed by atoms with Crippen molar-refractivity contribution in [2.45, 2.75) is 13.0 Å². The lowest BCUT2D eigenvalue weighted by Crippen LogP contribution is -2.35. The maximum Gasteiger partial charge on any atom is 0.436 e. The third-order valence-electron chi connectivity index (χ3n) is 4.20. The maximum atomic E-state index is 12.3. The highest BCUT2D eigenvalue weighted by molar-refractivity contribution is 6.33. The average molecular weight is 375 g/mol. The molecule has 2 aromatic rings. The van der Waals surface area contributed by atoms with Crippen molar-refractivity contribution in [3.63, 3.8) is 0 Å². The standard InChI is InChI=1S/C19H19ClN2O4/c1-24-17-9-13-7-8-22(12-15(13)10-18(17)25-2)19(23)26-21-11-14-5-3-4-6-16(14)20/h3-6,9-11H,7-8,12H2,1-2H3/b21-11+. The molecule has 0 N–H and O–H groups in total. The number of oxime groups is 1. The van der Waals surface area contributed by atoms with Gasteiger partial charge in [0.25, 0.3) is 0 Å². The van der Waals surface area contributed by atoms with Gasteiger partial charge in [0.15, 0.2) is 11.5 Å². The molecule has 0 bridgehead atoms. The van der Waals surface area contributed by atoms with Crippen molar-refractivity contribution in [1.29, 1.82) is 0 Å². The van der Waals surface area contributed by atoms with E-state index in [-0.39, 0.29) is 0 Å². The summed E-state index contributed by atoms with van der Waals surface area (Å²) in [5, 5.41) is 4.29. The molecule has 1 aliphatic heterocycles. The third kappa shape index (κ3) is 3.91. The van der Waals surface area contributed by atoms with E-state index in [2.05, 4.69) is 5.16 Å². The Kier molecular flexibility index (Phi) is 5.63. The number of amides is 1. The number of carbonyl (C=O) groups excluding carboxylic acids is 1. The average Bonchev–Trinajstić information content (AvgIpc) is 2.67. The number of carbonyl (C=O) groups is 1. The van der Waals surface area contributed by atoms with E-state index in [1.54, 1.807) is 31.3 Å². The van der Waals surface area contributed by atoms with E-state index >= 15 is 0 Å². The van der Waals surface area contributed by atoms with E-state index in [4.69, 9.17) is 25.9 Å². The fraction of sp³-hybridized carbons (Fsp3) is 0.263. The minimum atomic E-state index is -0.506. The lowest BCUT2D eigenvalue weighted by Gasteiger charge is -2.27. The van der Waals surface area contributed by atoms with Crippen LogP contribution in [0.2, 0.25) is 5.02 Å². The van der Waals surface area contributed by atoms with Crippen LogP contribution in [0.1, 0.15) is 16.7 Å². The van der Waals surface area contributed by atoms with Crippen LogP contribution in [0.4, 0.5) is 4.79 Å². The molecule has 0 atom stereocenters. The molecule has 0 aliphatic carbocycles. The summed E-state index contributed by atoms with van der Waals surface area (Å²) < 4.78 is 10.6. The Labute approximate surface area is 156 Å². The molecule has 1 amide bonds. The fourth-order valence-corrected chi connectivity index (χ4v) is 2.99. The summed E-state index contributed by atoms with van der Waals surface area (Å²) in [5.74, 6) is 1.32. The Hall–Kier alpha value is -2.73. The van der Waals surface area contributed by atoms with Crippen LogP contribution in [0, 0.1) is 0 Å². The number of rotatable bonds is 4. The van der Waals surface area contributed by atoms with E-state index in [1.807, 2.05) is 24.3 Å². The number of benzene rings is 2. The number of fused-ring (bicyclic) bond motifs is 1. The van der Waals surface area contributed by atoms with Gasteiger partial charge >= 0.3 is 6.09 Å². The SMILES string of the molecule is COc1cc2c(cc1OC)CN(C(=O)O/N=C/c1ccccc1Cl)CC2. The van der Waals surface area contributed by atoms with E-state index in [9.17, 15) is 4.79 Å². The summed E-state index contributed by atoms with van der Waals surface area (Å²) >= 11 is 6.03. The van der Waals surface area contributed by atoms with Crippen molar-refractivity contribution in [3.8, 4) is 11.5 Å². The van der Waals surface area contributed by atoms with Gasteiger partial charge in [-0.1, -0.05) is 35.0 Å². The molecule has 3 rings (SSSR count). The van der Waals surface area contributed by atoms with E-state index < -0.39 is 6.09 Å². The van der Waals surface area contributed by atoms with Gasteiger partial charge in [0.2, 0.25) is 0 Å². The van der Waals surface area contributed by atoms with Gasteiger partial charge in [0.1, 0.15) is 0 Å². The molecule has 136 valence electrons. The number of hydrogen-bond acceptors (Lipinski definition) is 5. The molecular weight excluding hydrogens is 356 g/mol. The quantitative estimate of drug-likeness (QED) is 0.463. The van der Waals surface area contributed by atoms with Crippen LogP contribution >= 0.6 is 11.6 Å². The maximum absolute atomic E-state index is 12.3. The molecule has 0 fully saturated rings. The van der Waals surface area contributed by atoms with Gasteiger partial charge in [-0.3, -0.25) is 4.84 Å². The summed E-state index contributed by atoms with van der Waals surface area (Å²) in [6.45, 7) is 0.971. The highest BCUT2D eigenvalue weighted by Gasteiger charge is 2.24. The van der Waals surface area contributed by atoms with Gasteiger partial charge in [0.05, 0.1) is 20.4 Å². The first-order chi connectivity index (χ1) is 12.6. The number of ether oxygens (including phenoxy) is 2. The molecule has 7 heteroatoms. The number of hydrogen-bond donors (Lipinski definition) is 0. The van der Waals surface area contributed by atoms with Crippen molar-refractivity contribution < 1.29 is 19.1 Å². The number of halogens is 1. The number of nitrogens with zero attached hydrogens (tertiary/aromatic N) is 2. The zero-order valence-electron chi connectivity index (χ0n) is 14.6. The minimum absolute atomic E-state index is 0.427. The number of methoxy groups -OCH3 is 2. The molecule has 0 saturated heterocycles. The molecule has 0 saturated carbocycles. The van der Waals surface area contributed by atoms with Gasteiger partial charge in [-0.25, -0.2) is 4.79 Å². The van der Waals surface area contributed by atoms with E-state index in [0.717, 1.165) is 11.1 Å². The molecular formula is C19H19ClN2O4. The van der Waals surface area contributed by atoms with Crippen molar-refractivity contribution in [2.75, 3.05) is 20.8 Å². The minimum Gasteiger partial charge on any atom is -0.493 e. The Morgan fingerprint density at radius 2 is 1.85 bits per heavy atom. The van der Waals surface area contributed by atoms with Crippen LogP contribution in [0.5, 0.6) is 11.5 Å². The first kappa shape index (κ1) is 18.1. The predicted octanol–water partition coefficient (Wildman–Crippen LogP) is 3.89. The largest absolute Gasteiger partial charge is 0.493 e. The smallest absolute Gasteiger partial charge is 0.436 e. The Balaban J connectivity index is 1.66. The zero-order chi connectivity index (χ0) is 18.5. The zero-order valence-corrected chi connectivity index (χ0v) is 15.3. The molecule has 6 nitrogen and oxygen atoms in total. The first-order valence-electron chi connectivity index (χ1n) is 8.10. The van der Waals surface area contributed by atoms with Crippen molar-refractivity contribution in [2.24, 2.45) is 5.16 Å². The molecule has 26 heavy (non-hydrogen) atoms. The second-order valence-electron chi connectivity index (χ2n) is 5.76. The van der Waals surface area contributed by atoms with Crippen LogP contribution in [-0.2, 0) is 17.8 Å². The fourth-order valence-electron chi connectivity index (χ4n) is 2.80. The third-order valence-corrected chi connectivity index (χ3v) is 4.55. The van der Waals surface area contributed by atoms with Crippen molar-refractivity contribution in [1.82, 2.24) is 4.90 Å². The topological polar surface area (TPSA) is 60.4 Å². The molecule has 1 heterocycles. The normalized spacial score (nSPS) is 13.4. The second kappa shape index (κ2) is 8.10. The lowest BCUT2D eigenvalue weighted by molar-refractivity contribution is 0.101. The summed E-state index contributed by atoms with van der Waals surface area (Å²) in [4.78, 5) is 18.9. The highest BCUT2D eigenvalue weighted by Crippen LogP contribution is 2.33. The van der Waals surface area contributed by atoms with E-state index in [1.165, 1.54) is 6.21 Å². The van der Waals surface area contributed by atoms with Crippen LogP contribution in [0.3, 0.4) is 0 Å². The van der Waals surface area contributed by atoms with Gasteiger partial charge in [-0.05, 0) is 35.7 Å². The van der Waals surface area contributed by atoms with Gasteiger partial charge in [-0.15, -0.1) is 0 Å². The second-order valence-corrected chi connectivity index (χ2v) is 6.17. The molecule has 0 spiro atoms. The highest BCUT2D eigenvalue weighted by atomic mass is 35.5. The summed E-state index contributed by atoms with van der Waals surface area (Å²) in [7, 11) is 3.19. The predicted molar refractivity (Wildman–Crippen MR) is 99.2 cm³/mol. The van der Waals surface area contributed by atoms with Crippen molar-refractivity contribution in [3.05, 3.63) is 58.1 Å². The summed E-state index contributed by atoms with van der Waals surface area (Å²) in [5.41, 5.74) is 2.81. The summed E-state index contributed by atoms with van der Waals surface area (Å²) in [6.07, 6.45) is 1.62. The Bertz CT molecular complexity index is 838. The molecule has 0 radical (unpaired) electrons. The van der Waals surface area contributed by atoms with Gasteiger partial charge < -0.3 is 14.4 Å². The molecule has 0 aromatic heterocycles.